The Morgan fingerprint density at radius 2 is 1.81 bits per heavy atom. The van der Waals surface area contributed by atoms with Gasteiger partial charge >= 0.3 is 0 Å². The molecule has 1 aliphatic heterocycles. The van der Waals surface area contributed by atoms with Gasteiger partial charge in [-0.1, -0.05) is 42.5 Å². The number of amides is 2. The van der Waals surface area contributed by atoms with Crippen LogP contribution in [0.3, 0.4) is 0 Å². The molecule has 1 atom stereocenters. The Morgan fingerprint density at radius 3 is 2.42 bits per heavy atom. The number of nitrogens with one attached hydrogen (secondary N) is 1. The number of nitrogens with zero attached hydrogens (tertiary/aromatic N) is 3. The van der Waals surface area contributed by atoms with Crippen molar-refractivity contribution < 1.29 is 31.4 Å². The van der Waals surface area contributed by atoms with Crippen molar-refractivity contribution in [2.45, 2.75) is 13.0 Å². The smallest absolute Gasteiger partial charge is 0.278 e. The molecule has 8 nitrogen and oxygen atoms in total. The molecule has 0 saturated carbocycles. The molecule has 2 aromatic rings. The molecule has 0 aromatic heterocycles. The van der Waals surface area contributed by atoms with Crippen molar-refractivity contribution in [1.29, 1.82) is 0 Å². The average Bonchev–Trinajstić information content (AvgIpc) is 2.71. The van der Waals surface area contributed by atoms with Crippen LogP contribution in [0.5, 0.6) is 0 Å². The van der Waals surface area contributed by atoms with Gasteiger partial charge in [0, 0.05) is 24.2 Å². The minimum absolute atomic E-state index is 0. The lowest BCUT2D eigenvalue weighted by Crippen LogP contribution is -3.00. The van der Waals surface area contributed by atoms with E-state index in [-0.39, 0.29) is 36.5 Å². The number of benzene rings is 2. The minimum Gasteiger partial charge on any atom is -1.00 e. The number of quaternary nitrogens is 1. The normalized spacial score (nSPS) is 18.2. The Balaban J connectivity index is 0.00000341. The van der Waals surface area contributed by atoms with Crippen molar-refractivity contribution >= 4 is 17.5 Å². The number of hydrogen-bond donors (Lipinski definition) is 1. The number of piperazine rings is 1. The summed E-state index contributed by atoms with van der Waals surface area (Å²) in [7, 11) is 2.08. The number of halogens is 1. The first-order valence-corrected chi connectivity index (χ1v) is 10.00. The van der Waals surface area contributed by atoms with Gasteiger partial charge in [-0.25, -0.2) is 0 Å². The van der Waals surface area contributed by atoms with Crippen LogP contribution in [0, 0.1) is 10.1 Å². The van der Waals surface area contributed by atoms with E-state index >= 15 is 0 Å². The van der Waals surface area contributed by atoms with Crippen LogP contribution < -0.4 is 17.7 Å². The summed E-state index contributed by atoms with van der Waals surface area (Å²) in [5.41, 5.74) is 2.15. The molecular weight excluding hydrogens is 420 g/mol. The summed E-state index contributed by atoms with van der Waals surface area (Å²) in [5, 5.41) is 13.5. The predicted molar refractivity (Wildman–Crippen MR) is 112 cm³/mol. The number of nitro benzene ring substituents is 1. The van der Waals surface area contributed by atoms with E-state index in [0.29, 0.717) is 30.5 Å². The maximum Gasteiger partial charge on any atom is 0.278 e. The highest BCUT2D eigenvalue weighted by Gasteiger charge is 2.35. The standard InChI is InChI=1S/C22H26N4O4.ClH/c1-26(16-19-5-3-2-4-6-19)14-13-24(22(28)17-26)15-21(27)23-12-11-18-7-9-20(10-8-18)25(29)30;/h2-10H,11-17H2,1H3;1H. The average molecular weight is 447 g/mol. The maximum atomic E-state index is 12.6. The lowest BCUT2D eigenvalue weighted by molar-refractivity contribution is -0.917. The number of hydrogen-bond acceptors (Lipinski definition) is 4. The highest BCUT2D eigenvalue weighted by Crippen LogP contribution is 2.16. The molecule has 1 heterocycles. The molecule has 1 N–H and O–H groups in total. The van der Waals surface area contributed by atoms with Crippen LogP contribution in [0.4, 0.5) is 5.69 Å². The monoisotopic (exact) mass is 446 g/mol. The molecule has 1 saturated heterocycles. The lowest BCUT2D eigenvalue weighted by atomic mass is 10.1. The van der Waals surface area contributed by atoms with Crippen molar-refractivity contribution in [1.82, 2.24) is 10.2 Å². The fourth-order valence-corrected chi connectivity index (χ4v) is 3.68. The Morgan fingerprint density at radius 1 is 1.13 bits per heavy atom. The second-order valence-corrected chi connectivity index (χ2v) is 7.98. The summed E-state index contributed by atoms with van der Waals surface area (Å²) in [6, 6.07) is 16.4. The van der Waals surface area contributed by atoms with Gasteiger partial charge in [0.2, 0.25) is 5.91 Å². The predicted octanol–water partition coefficient (Wildman–Crippen LogP) is -1.25. The zero-order chi connectivity index (χ0) is 21.6. The molecule has 3 rings (SSSR count). The van der Waals surface area contributed by atoms with Crippen LogP contribution in [0.25, 0.3) is 0 Å². The summed E-state index contributed by atoms with van der Waals surface area (Å²) in [6.07, 6.45) is 0.573. The van der Waals surface area contributed by atoms with Crippen molar-refractivity contribution in [2.24, 2.45) is 0 Å². The molecule has 9 heteroatoms. The molecule has 2 aromatic carbocycles. The Kier molecular flexibility index (Phi) is 8.53. The van der Waals surface area contributed by atoms with Crippen LogP contribution in [0.1, 0.15) is 11.1 Å². The third kappa shape index (κ3) is 7.04. The lowest BCUT2D eigenvalue weighted by Gasteiger charge is -2.41. The van der Waals surface area contributed by atoms with Gasteiger partial charge in [-0.3, -0.25) is 19.7 Å². The quantitative estimate of drug-likeness (QED) is 0.311. The molecule has 1 unspecified atom stereocenters. The highest BCUT2D eigenvalue weighted by molar-refractivity contribution is 5.85. The van der Waals surface area contributed by atoms with E-state index in [1.807, 2.05) is 18.2 Å². The zero-order valence-electron chi connectivity index (χ0n) is 17.5. The fourth-order valence-electron chi connectivity index (χ4n) is 3.68. The summed E-state index contributed by atoms with van der Waals surface area (Å²) in [5.74, 6) is -0.199. The zero-order valence-corrected chi connectivity index (χ0v) is 18.3. The fraction of sp³-hybridized carbons (Fsp3) is 0.364. The molecule has 1 aliphatic rings. The van der Waals surface area contributed by atoms with Crippen molar-refractivity contribution in [2.75, 3.05) is 39.8 Å². The van der Waals surface area contributed by atoms with E-state index in [9.17, 15) is 19.7 Å². The van der Waals surface area contributed by atoms with Gasteiger partial charge in [-0.2, -0.15) is 0 Å². The third-order valence-corrected chi connectivity index (χ3v) is 5.40. The maximum absolute atomic E-state index is 12.6. The van der Waals surface area contributed by atoms with E-state index in [1.165, 1.54) is 17.7 Å². The molecule has 1 fully saturated rings. The second-order valence-electron chi connectivity index (χ2n) is 7.98. The molecular formula is C22H27ClN4O4. The van der Waals surface area contributed by atoms with E-state index in [0.717, 1.165) is 18.7 Å². The van der Waals surface area contributed by atoms with Crippen LogP contribution in [-0.2, 0) is 22.6 Å². The van der Waals surface area contributed by atoms with E-state index < -0.39 is 4.92 Å². The van der Waals surface area contributed by atoms with E-state index in [2.05, 4.69) is 24.5 Å². The van der Waals surface area contributed by atoms with Crippen LogP contribution in [-0.4, -0.2) is 65.9 Å². The number of carbonyl (C=O) groups is 2. The van der Waals surface area contributed by atoms with Gasteiger partial charge < -0.3 is 27.1 Å². The summed E-state index contributed by atoms with van der Waals surface area (Å²) < 4.78 is 0.640. The van der Waals surface area contributed by atoms with Crippen molar-refractivity contribution in [3.8, 4) is 0 Å². The van der Waals surface area contributed by atoms with E-state index in [4.69, 9.17) is 0 Å². The van der Waals surface area contributed by atoms with Gasteiger partial charge in [-0.05, 0) is 12.0 Å². The van der Waals surface area contributed by atoms with Crippen LogP contribution in [0.15, 0.2) is 54.6 Å². The van der Waals surface area contributed by atoms with Gasteiger partial charge in [0.15, 0.2) is 6.54 Å². The SMILES string of the molecule is C[N+]1(Cc2ccccc2)CCN(CC(=O)NCCc2ccc([N+](=O)[O-])cc2)C(=O)C1.[Cl-]. The number of nitro groups is 1. The Bertz CT molecular complexity index is 907. The number of non-ortho nitro benzene ring substituents is 1. The van der Waals surface area contributed by atoms with Gasteiger partial charge in [0.1, 0.15) is 6.54 Å². The molecule has 0 radical (unpaired) electrons. The van der Waals surface area contributed by atoms with Crippen LogP contribution in [0.2, 0.25) is 0 Å². The molecule has 166 valence electrons. The van der Waals surface area contributed by atoms with Gasteiger partial charge in [0.05, 0.1) is 31.6 Å². The number of carbonyl (C=O) groups excluding carboxylic acids is 2. The number of likely N-dealkylation sites (N-methyl/N-ethyl adjacent to an activating group) is 1. The summed E-state index contributed by atoms with van der Waals surface area (Å²) in [4.78, 5) is 36.7. The molecule has 0 aliphatic carbocycles. The number of rotatable bonds is 8. The first kappa shape index (κ1) is 24.3. The Labute approximate surface area is 188 Å². The molecule has 2 amide bonds. The second kappa shape index (κ2) is 10.9. The summed E-state index contributed by atoms with van der Waals surface area (Å²) in [6.45, 7) is 3.01. The molecule has 31 heavy (non-hydrogen) atoms. The van der Waals surface area contributed by atoms with E-state index in [1.54, 1.807) is 17.0 Å². The first-order valence-electron chi connectivity index (χ1n) is 10.00. The first-order chi connectivity index (χ1) is 14.3. The van der Waals surface area contributed by atoms with Gasteiger partial charge in [-0.15, -0.1) is 0 Å². The topological polar surface area (TPSA) is 92.6 Å². The van der Waals surface area contributed by atoms with Crippen molar-refractivity contribution in [3.63, 3.8) is 0 Å². The highest BCUT2D eigenvalue weighted by atomic mass is 35.5. The summed E-state index contributed by atoms with van der Waals surface area (Å²) >= 11 is 0. The Hall–Kier alpha value is -2.97. The van der Waals surface area contributed by atoms with Crippen LogP contribution >= 0.6 is 0 Å². The molecule has 0 bridgehead atoms. The third-order valence-electron chi connectivity index (χ3n) is 5.40. The molecule has 0 spiro atoms. The largest absolute Gasteiger partial charge is 1.00 e. The minimum atomic E-state index is -0.440. The van der Waals surface area contributed by atoms with Crippen molar-refractivity contribution in [3.05, 3.63) is 75.8 Å². The van der Waals surface area contributed by atoms with Gasteiger partial charge in [0.25, 0.3) is 11.6 Å².